The molecule has 2 aromatic heterocycles. The molecule has 10 heteroatoms. The molecule has 4 rings (SSSR count). The van der Waals surface area contributed by atoms with E-state index in [1.807, 2.05) is 49.4 Å². The van der Waals surface area contributed by atoms with Gasteiger partial charge in [0.15, 0.2) is 5.82 Å². The summed E-state index contributed by atoms with van der Waals surface area (Å²) in [4.78, 5) is 19.1. The maximum atomic E-state index is 12.8. The van der Waals surface area contributed by atoms with Gasteiger partial charge in [0.25, 0.3) is 0 Å². The van der Waals surface area contributed by atoms with Crippen molar-refractivity contribution in [3.8, 4) is 11.4 Å². The Morgan fingerprint density at radius 3 is 2.73 bits per heavy atom. The van der Waals surface area contributed by atoms with E-state index in [9.17, 15) is 4.79 Å². The first kappa shape index (κ1) is 20.6. The molecule has 2 heterocycles. The molecule has 4 aromatic rings. The van der Waals surface area contributed by atoms with Gasteiger partial charge in [-0.05, 0) is 31.2 Å². The Balaban J connectivity index is 1.43. The predicted octanol–water partition coefficient (Wildman–Crippen LogP) is 4.23. The number of hydrogen-bond acceptors (Lipinski definition) is 7. The van der Waals surface area contributed by atoms with Crippen LogP contribution in [0, 0.1) is 0 Å². The van der Waals surface area contributed by atoms with Crippen molar-refractivity contribution in [1.82, 2.24) is 24.8 Å². The Bertz CT molecular complexity index is 1170. The van der Waals surface area contributed by atoms with Crippen molar-refractivity contribution in [3.63, 3.8) is 0 Å². The smallest absolute Gasteiger partial charge is 0.233 e. The molecule has 2 aromatic carbocycles. The summed E-state index contributed by atoms with van der Waals surface area (Å²) in [6.07, 6.45) is 0. The highest BCUT2D eigenvalue weighted by Crippen LogP contribution is 2.30. The van der Waals surface area contributed by atoms with E-state index in [2.05, 4.69) is 15.2 Å². The number of amides is 1. The standard InChI is InChI=1S/C20H19ClN6OS2/c1-12(19-23-15-9-5-6-10-16(15)30-19)26(2)17(28)11-29-20-25-24-18(27(20)22)13-7-3-4-8-14(13)21/h3-10,12H,11,22H2,1-2H3. The summed E-state index contributed by atoms with van der Waals surface area (Å²) in [6.45, 7) is 1.97. The van der Waals surface area contributed by atoms with Crippen LogP contribution in [0.3, 0.4) is 0 Å². The zero-order valence-corrected chi connectivity index (χ0v) is 18.7. The molecule has 0 aliphatic heterocycles. The van der Waals surface area contributed by atoms with Gasteiger partial charge in [0.05, 0.1) is 27.0 Å². The van der Waals surface area contributed by atoms with Crippen LogP contribution in [0.1, 0.15) is 18.0 Å². The number of thioether (sulfide) groups is 1. The largest absolute Gasteiger partial charge is 0.336 e. The number of carbonyl (C=O) groups is 1. The summed E-state index contributed by atoms with van der Waals surface area (Å²) in [6, 6.07) is 15.1. The van der Waals surface area contributed by atoms with Gasteiger partial charge in [0.2, 0.25) is 11.1 Å². The van der Waals surface area contributed by atoms with Crippen LogP contribution < -0.4 is 5.84 Å². The lowest BCUT2D eigenvalue weighted by Crippen LogP contribution is -2.31. The minimum Gasteiger partial charge on any atom is -0.336 e. The van der Waals surface area contributed by atoms with Crippen molar-refractivity contribution in [2.24, 2.45) is 0 Å². The summed E-state index contributed by atoms with van der Waals surface area (Å²) in [5.41, 5.74) is 1.64. The summed E-state index contributed by atoms with van der Waals surface area (Å²) in [5, 5.41) is 10.1. The maximum absolute atomic E-state index is 12.8. The van der Waals surface area contributed by atoms with Crippen LogP contribution in [-0.4, -0.2) is 43.5 Å². The summed E-state index contributed by atoms with van der Waals surface area (Å²) in [5.74, 6) is 6.73. The number of nitrogens with two attached hydrogens (primary N) is 1. The Morgan fingerprint density at radius 2 is 1.97 bits per heavy atom. The van der Waals surface area contributed by atoms with E-state index in [1.165, 1.54) is 16.4 Å². The SMILES string of the molecule is CC(c1nc2ccccc2s1)N(C)C(=O)CSc1nnc(-c2ccccc2Cl)n1N. The van der Waals surface area contributed by atoms with Gasteiger partial charge in [-0.3, -0.25) is 4.79 Å². The number of nitrogens with zero attached hydrogens (tertiary/aromatic N) is 5. The van der Waals surface area contributed by atoms with Crippen LogP contribution >= 0.6 is 34.7 Å². The first-order valence-corrected chi connectivity index (χ1v) is 11.3. The zero-order chi connectivity index (χ0) is 21.3. The second-order valence-corrected chi connectivity index (χ2v) is 9.06. The summed E-state index contributed by atoms with van der Waals surface area (Å²) < 4.78 is 2.47. The topological polar surface area (TPSA) is 89.9 Å². The minimum atomic E-state index is -0.134. The number of fused-ring (bicyclic) bond motifs is 1. The second-order valence-electron chi connectivity index (χ2n) is 6.65. The van der Waals surface area contributed by atoms with Crippen LogP contribution in [0.5, 0.6) is 0 Å². The molecule has 0 aliphatic rings. The third-order valence-electron chi connectivity index (χ3n) is 4.75. The average molecular weight is 459 g/mol. The molecule has 1 amide bonds. The molecule has 7 nitrogen and oxygen atoms in total. The summed E-state index contributed by atoms with van der Waals surface area (Å²) >= 11 is 9.06. The van der Waals surface area contributed by atoms with Crippen LogP contribution in [0.15, 0.2) is 53.7 Å². The van der Waals surface area contributed by atoms with E-state index in [-0.39, 0.29) is 17.7 Å². The molecule has 0 aliphatic carbocycles. The van der Waals surface area contributed by atoms with Gasteiger partial charge in [0, 0.05) is 12.6 Å². The van der Waals surface area contributed by atoms with E-state index >= 15 is 0 Å². The Hall–Kier alpha value is -2.62. The number of para-hydroxylation sites is 1. The average Bonchev–Trinajstić information content (AvgIpc) is 3.35. The number of nitrogen functional groups attached to an aromatic ring is 1. The van der Waals surface area contributed by atoms with Crippen LogP contribution in [0.4, 0.5) is 0 Å². The Labute approximate surface area is 186 Å². The maximum Gasteiger partial charge on any atom is 0.233 e. The monoisotopic (exact) mass is 458 g/mol. The zero-order valence-electron chi connectivity index (χ0n) is 16.3. The second kappa shape index (κ2) is 8.63. The molecular formula is C20H19ClN6OS2. The molecule has 0 radical (unpaired) electrons. The normalized spacial score (nSPS) is 12.2. The van der Waals surface area contributed by atoms with Crippen LogP contribution in [0.2, 0.25) is 5.02 Å². The van der Waals surface area contributed by atoms with E-state index in [0.717, 1.165) is 15.2 Å². The molecule has 1 unspecified atom stereocenters. The van der Waals surface area contributed by atoms with Crippen molar-refractivity contribution in [2.75, 3.05) is 18.6 Å². The third-order valence-corrected chi connectivity index (χ3v) is 7.21. The van der Waals surface area contributed by atoms with E-state index in [1.54, 1.807) is 29.4 Å². The highest BCUT2D eigenvalue weighted by atomic mass is 35.5. The quantitative estimate of drug-likeness (QED) is 0.343. The fraction of sp³-hybridized carbons (Fsp3) is 0.200. The Morgan fingerprint density at radius 1 is 1.23 bits per heavy atom. The molecule has 1 atom stereocenters. The van der Waals surface area contributed by atoms with Gasteiger partial charge < -0.3 is 10.7 Å². The molecule has 2 N–H and O–H groups in total. The molecule has 0 saturated carbocycles. The molecular weight excluding hydrogens is 440 g/mol. The van der Waals surface area contributed by atoms with Crippen molar-refractivity contribution in [2.45, 2.75) is 18.1 Å². The van der Waals surface area contributed by atoms with Crippen molar-refractivity contribution < 1.29 is 4.79 Å². The summed E-state index contributed by atoms with van der Waals surface area (Å²) in [7, 11) is 1.78. The third kappa shape index (κ3) is 4.00. The van der Waals surface area contributed by atoms with Gasteiger partial charge in [-0.2, -0.15) is 0 Å². The highest BCUT2D eigenvalue weighted by molar-refractivity contribution is 7.99. The predicted molar refractivity (Wildman–Crippen MR) is 122 cm³/mol. The molecule has 0 saturated heterocycles. The number of carbonyl (C=O) groups excluding carboxylic acids is 1. The molecule has 30 heavy (non-hydrogen) atoms. The molecule has 0 spiro atoms. The number of thiazole rings is 1. The van der Waals surface area contributed by atoms with Crippen molar-refractivity contribution in [3.05, 3.63) is 58.6 Å². The lowest BCUT2D eigenvalue weighted by molar-refractivity contribution is -0.128. The molecule has 0 bridgehead atoms. The minimum absolute atomic E-state index is 0.0472. The number of halogens is 1. The van der Waals surface area contributed by atoms with Gasteiger partial charge in [-0.25, -0.2) is 9.66 Å². The van der Waals surface area contributed by atoms with E-state index in [0.29, 0.717) is 21.6 Å². The number of benzene rings is 2. The van der Waals surface area contributed by atoms with Gasteiger partial charge in [-0.15, -0.1) is 21.5 Å². The lowest BCUT2D eigenvalue weighted by atomic mass is 10.2. The van der Waals surface area contributed by atoms with E-state index < -0.39 is 0 Å². The van der Waals surface area contributed by atoms with Crippen molar-refractivity contribution >= 4 is 50.8 Å². The lowest BCUT2D eigenvalue weighted by Gasteiger charge is -2.23. The van der Waals surface area contributed by atoms with E-state index in [4.69, 9.17) is 17.4 Å². The fourth-order valence-corrected chi connectivity index (χ4v) is 4.94. The number of aromatic nitrogens is 4. The molecule has 0 fully saturated rings. The van der Waals surface area contributed by atoms with Crippen LogP contribution in [-0.2, 0) is 4.79 Å². The first-order chi connectivity index (χ1) is 14.5. The van der Waals surface area contributed by atoms with Gasteiger partial charge in [0.1, 0.15) is 5.01 Å². The number of rotatable bonds is 6. The van der Waals surface area contributed by atoms with Crippen LogP contribution in [0.25, 0.3) is 21.6 Å². The number of hydrogen-bond donors (Lipinski definition) is 1. The first-order valence-electron chi connectivity index (χ1n) is 9.15. The molecule has 154 valence electrons. The van der Waals surface area contributed by atoms with Crippen molar-refractivity contribution in [1.29, 1.82) is 0 Å². The van der Waals surface area contributed by atoms with Gasteiger partial charge in [-0.1, -0.05) is 47.6 Å². The highest BCUT2D eigenvalue weighted by Gasteiger charge is 2.22. The Kier molecular flexibility index (Phi) is 5.94. The van der Waals surface area contributed by atoms with Gasteiger partial charge >= 0.3 is 0 Å². The fourth-order valence-electron chi connectivity index (χ4n) is 2.88.